The van der Waals surface area contributed by atoms with Crippen molar-refractivity contribution in [2.45, 2.75) is 25.6 Å². The van der Waals surface area contributed by atoms with Gasteiger partial charge in [-0.3, -0.25) is 9.59 Å². The highest BCUT2D eigenvalue weighted by atomic mass is 19.3. The number of rotatable bonds is 5. The van der Waals surface area contributed by atoms with Crippen LogP contribution in [0.15, 0.2) is 36.4 Å². The topological polar surface area (TPSA) is 68.7 Å². The Morgan fingerprint density at radius 3 is 2.62 bits per heavy atom. The number of hydrogen-bond donors (Lipinski definition) is 0. The van der Waals surface area contributed by atoms with Crippen molar-refractivity contribution in [1.29, 1.82) is 0 Å². The van der Waals surface area contributed by atoms with Gasteiger partial charge in [0.25, 0.3) is 0 Å². The summed E-state index contributed by atoms with van der Waals surface area (Å²) >= 11 is 0. The lowest BCUT2D eigenvalue weighted by molar-refractivity contribution is -0.286. The number of Topliss-reactive ketones (excluding diaryl/α,β-unsaturated/α-hetero) is 2. The Morgan fingerprint density at radius 2 is 1.86 bits per heavy atom. The Labute approximate surface area is 166 Å². The Morgan fingerprint density at radius 1 is 1.14 bits per heavy atom. The van der Waals surface area contributed by atoms with Crippen molar-refractivity contribution in [2.24, 2.45) is 5.92 Å². The third-order valence-electron chi connectivity index (χ3n) is 5.22. The standard InChI is InChI=1S/C21H20F2N2O4/c1-25-10-8-13(9-11-25)19(27)16-6-2-4-14(24-16)12-17(26)15-5-3-7-18-20(15)29-21(22,23)28-18/h2-7,13H,8-12H2,1H3. The van der Waals surface area contributed by atoms with Crippen LogP contribution in [0, 0.1) is 5.92 Å². The van der Waals surface area contributed by atoms with Crippen molar-refractivity contribution in [3.63, 3.8) is 0 Å². The highest BCUT2D eigenvalue weighted by Crippen LogP contribution is 2.43. The lowest BCUT2D eigenvalue weighted by atomic mass is 9.91. The summed E-state index contributed by atoms with van der Waals surface area (Å²) in [5.74, 6) is -1.00. The molecule has 0 radical (unpaired) electrons. The van der Waals surface area contributed by atoms with Crippen LogP contribution < -0.4 is 9.47 Å². The number of hydrogen-bond acceptors (Lipinski definition) is 6. The van der Waals surface area contributed by atoms with Gasteiger partial charge in [-0.15, -0.1) is 8.78 Å². The van der Waals surface area contributed by atoms with E-state index in [1.807, 2.05) is 7.05 Å². The van der Waals surface area contributed by atoms with Gasteiger partial charge in [-0.25, -0.2) is 4.98 Å². The van der Waals surface area contributed by atoms with Gasteiger partial charge in [0.15, 0.2) is 23.1 Å². The minimum Gasteiger partial charge on any atom is -0.395 e. The van der Waals surface area contributed by atoms with Crippen molar-refractivity contribution >= 4 is 11.6 Å². The minimum atomic E-state index is -3.79. The predicted octanol–water partition coefficient (Wildman–Crippen LogP) is 3.35. The molecule has 0 spiro atoms. The van der Waals surface area contributed by atoms with E-state index >= 15 is 0 Å². The van der Waals surface area contributed by atoms with Crippen molar-refractivity contribution < 1.29 is 27.8 Å². The normalized spacial score (nSPS) is 18.6. The van der Waals surface area contributed by atoms with Crippen molar-refractivity contribution in [2.75, 3.05) is 20.1 Å². The van der Waals surface area contributed by atoms with Crippen LogP contribution in [-0.2, 0) is 6.42 Å². The van der Waals surface area contributed by atoms with E-state index in [1.165, 1.54) is 18.2 Å². The third kappa shape index (κ3) is 4.12. The van der Waals surface area contributed by atoms with E-state index in [2.05, 4.69) is 19.4 Å². The first-order chi connectivity index (χ1) is 13.8. The van der Waals surface area contributed by atoms with Gasteiger partial charge in [-0.2, -0.15) is 0 Å². The van der Waals surface area contributed by atoms with E-state index in [0.717, 1.165) is 25.9 Å². The molecular weight excluding hydrogens is 382 g/mol. The number of alkyl halides is 2. The van der Waals surface area contributed by atoms with E-state index in [-0.39, 0.29) is 35.2 Å². The maximum absolute atomic E-state index is 13.3. The first-order valence-corrected chi connectivity index (χ1v) is 9.43. The van der Waals surface area contributed by atoms with E-state index in [0.29, 0.717) is 11.4 Å². The van der Waals surface area contributed by atoms with Crippen LogP contribution in [0.2, 0.25) is 0 Å². The summed E-state index contributed by atoms with van der Waals surface area (Å²) in [5.41, 5.74) is 0.722. The van der Waals surface area contributed by atoms with Gasteiger partial charge in [0.1, 0.15) is 5.69 Å². The zero-order chi connectivity index (χ0) is 20.6. The summed E-state index contributed by atoms with van der Waals surface area (Å²) in [7, 11) is 2.02. The molecule has 0 amide bonds. The van der Waals surface area contributed by atoms with Gasteiger partial charge in [-0.05, 0) is 57.2 Å². The number of carbonyl (C=O) groups is 2. The molecular formula is C21H20F2N2O4. The van der Waals surface area contributed by atoms with Crippen LogP contribution in [0.5, 0.6) is 11.5 Å². The SMILES string of the molecule is CN1CCC(C(=O)c2cccc(CC(=O)c3cccc4c3OC(F)(F)O4)n2)CC1. The van der Waals surface area contributed by atoms with Gasteiger partial charge in [0.05, 0.1) is 12.0 Å². The van der Waals surface area contributed by atoms with Crippen LogP contribution in [0.1, 0.15) is 39.4 Å². The summed E-state index contributed by atoms with van der Waals surface area (Å²) in [5, 5.41) is 0. The third-order valence-corrected chi connectivity index (χ3v) is 5.22. The van der Waals surface area contributed by atoms with E-state index in [9.17, 15) is 18.4 Å². The number of piperidine rings is 1. The summed E-state index contributed by atoms with van der Waals surface area (Å²) in [6, 6.07) is 9.13. The largest absolute Gasteiger partial charge is 0.586 e. The molecule has 2 aromatic rings. The molecule has 6 nitrogen and oxygen atoms in total. The van der Waals surface area contributed by atoms with Gasteiger partial charge in [0.2, 0.25) is 0 Å². The Hall–Kier alpha value is -2.87. The zero-order valence-electron chi connectivity index (χ0n) is 15.9. The molecule has 3 heterocycles. The smallest absolute Gasteiger partial charge is 0.395 e. The molecule has 0 N–H and O–H groups in total. The average Bonchev–Trinajstić information content (AvgIpc) is 3.02. The number of benzene rings is 1. The Bertz CT molecular complexity index is 955. The average molecular weight is 402 g/mol. The zero-order valence-corrected chi connectivity index (χ0v) is 15.9. The number of fused-ring (bicyclic) bond motifs is 1. The monoisotopic (exact) mass is 402 g/mol. The summed E-state index contributed by atoms with van der Waals surface area (Å²) in [6.45, 7) is 1.72. The fraction of sp³-hybridized carbons (Fsp3) is 0.381. The minimum absolute atomic E-state index is 0.00600. The second-order valence-corrected chi connectivity index (χ2v) is 7.36. The lowest BCUT2D eigenvalue weighted by Gasteiger charge is -2.27. The summed E-state index contributed by atoms with van der Waals surface area (Å²) in [4.78, 5) is 32.0. The van der Waals surface area contributed by atoms with Crippen molar-refractivity contribution in [1.82, 2.24) is 9.88 Å². The Kier molecular flexibility index (Phi) is 5.04. The van der Waals surface area contributed by atoms with Gasteiger partial charge in [-0.1, -0.05) is 12.1 Å². The molecule has 0 aliphatic carbocycles. The molecule has 2 aliphatic rings. The molecule has 4 rings (SSSR count). The fourth-order valence-electron chi connectivity index (χ4n) is 3.64. The molecule has 1 fully saturated rings. The van der Waals surface area contributed by atoms with Gasteiger partial charge in [0, 0.05) is 11.6 Å². The number of nitrogens with zero attached hydrogens (tertiary/aromatic N) is 2. The van der Waals surface area contributed by atoms with Crippen LogP contribution >= 0.6 is 0 Å². The Balaban J connectivity index is 1.50. The lowest BCUT2D eigenvalue weighted by Crippen LogP contribution is -2.33. The number of ether oxygens (including phenoxy) is 2. The predicted molar refractivity (Wildman–Crippen MR) is 99.5 cm³/mol. The van der Waals surface area contributed by atoms with Crippen LogP contribution in [0.25, 0.3) is 0 Å². The second-order valence-electron chi connectivity index (χ2n) is 7.36. The van der Waals surface area contributed by atoms with Crippen LogP contribution in [0.4, 0.5) is 8.78 Å². The quantitative estimate of drug-likeness (QED) is 0.715. The number of halogens is 2. The fourth-order valence-corrected chi connectivity index (χ4v) is 3.64. The molecule has 1 saturated heterocycles. The molecule has 0 unspecified atom stereocenters. The van der Waals surface area contributed by atoms with E-state index in [1.54, 1.807) is 18.2 Å². The van der Waals surface area contributed by atoms with Gasteiger partial charge >= 0.3 is 6.29 Å². The molecule has 8 heteroatoms. The number of carbonyl (C=O) groups excluding carboxylic acids is 2. The number of pyridine rings is 1. The van der Waals surface area contributed by atoms with Crippen molar-refractivity contribution in [3.8, 4) is 11.5 Å². The summed E-state index contributed by atoms with van der Waals surface area (Å²) < 4.78 is 35.6. The summed E-state index contributed by atoms with van der Waals surface area (Å²) in [6.07, 6.45) is -2.37. The van der Waals surface area contributed by atoms with E-state index < -0.39 is 12.1 Å². The second kappa shape index (κ2) is 7.51. The maximum atomic E-state index is 13.3. The molecule has 152 valence electrons. The molecule has 0 atom stereocenters. The number of aromatic nitrogens is 1. The number of ketones is 2. The number of likely N-dealkylation sites (tertiary alicyclic amines) is 1. The van der Waals surface area contributed by atoms with Crippen molar-refractivity contribution in [3.05, 3.63) is 53.3 Å². The molecule has 1 aromatic carbocycles. The van der Waals surface area contributed by atoms with Gasteiger partial charge < -0.3 is 14.4 Å². The molecule has 29 heavy (non-hydrogen) atoms. The number of para-hydroxylation sites is 1. The molecule has 0 bridgehead atoms. The highest BCUT2D eigenvalue weighted by molar-refractivity contribution is 6.01. The molecule has 1 aromatic heterocycles. The first kappa shape index (κ1) is 19.4. The molecule has 2 aliphatic heterocycles. The van der Waals surface area contributed by atoms with Crippen LogP contribution in [-0.4, -0.2) is 47.9 Å². The highest BCUT2D eigenvalue weighted by Gasteiger charge is 2.45. The van der Waals surface area contributed by atoms with Crippen LogP contribution in [0.3, 0.4) is 0 Å². The van der Waals surface area contributed by atoms with E-state index in [4.69, 9.17) is 0 Å². The first-order valence-electron chi connectivity index (χ1n) is 9.43. The molecule has 0 saturated carbocycles. The maximum Gasteiger partial charge on any atom is 0.586 e.